The molecule has 88 valence electrons. The third-order valence-electron chi connectivity index (χ3n) is 3.89. The molecule has 1 aliphatic rings. The summed E-state index contributed by atoms with van der Waals surface area (Å²) in [6.45, 7) is 4.40. The van der Waals surface area contributed by atoms with E-state index in [9.17, 15) is 4.79 Å². The van der Waals surface area contributed by atoms with E-state index in [2.05, 4.69) is 13.8 Å². The third-order valence-corrected chi connectivity index (χ3v) is 3.89. The van der Waals surface area contributed by atoms with Gasteiger partial charge in [0.25, 0.3) is 0 Å². The number of rotatable bonds is 7. The van der Waals surface area contributed by atoms with E-state index in [1.807, 2.05) is 0 Å². The average molecular weight is 210 g/mol. The van der Waals surface area contributed by atoms with Gasteiger partial charge in [0.05, 0.1) is 0 Å². The molecule has 0 spiro atoms. The molecule has 0 radical (unpaired) electrons. The van der Waals surface area contributed by atoms with E-state index in [1.54, 1.807) is 0 Å². The summed E-state index contributed by atoms with van der Waals surface area (Å²) in [7, 11) is 0. The molecule has 1 nitrogen and oxygen atoms in total. The Hall–Kier alpha value is -0.330. The van der Waals surface area contributed by atoms with Crippen molar-refractivity contribution >= 4 is 5.78 Å². The number of Topliss-reactive ketones (excluding diaryl/α,β-unsaturated/α-hetero) is 1. The minimum absolute atomic E-state index is 0.0603. The molecular formula is C14H26O. The molecule has 0 amide bonds. The average Bonchev–Trinajstić information content (AvgIpc) is 2.66. The predicted molar refractivity (Wildman–Crippen MR) is 65.0 cm³/mol. The highest BCUT2D eigenvalue weighted by Crippen LogP contribution is 2.39. The van der Waals surface area contributed by atoms with Crippen molar-refractivity contribution in [2.75, 3.05) is 0 Å². The van der Waals surface area contributed by atoms with E-state index in [0.29, 0.717) is 5.78 Å². The minimum atomic E-state index is 0.0603. The Kier molecular flexibility index (Phi) is 5.35. The van der Waals surface area contributed by atoms with E-state index in [-0.39, 0.29) is 5.41 Å². The Balaban J connectivity index is 2.12. The number of ketones is 1. The predicted octanol–water partition coefficient (Wildman–Crippen LogP) is 4.50. The molecule has 0 aromatic carbocycles. The maximum Gasteiger partial charge on any atom is 0.138 e. The highest BCUT2D eigenvalue weighted by Gasteiger charge is 2.34. The molecule has 0 atom stereocenters. The van der Waals surface area contributed by atoms with Crippen molar-refractivity contribution in [1.82, 2.24) is 0 Å². The van der Waals surface area contributed by atoms with E-state index in [4.69, 9.17) is 0 Å². The van der Waals surface area contributed by atoms with Crippen LogP contribution in [0, 0.1) is 5.41 Å². The highest BCUT2D eigenvalue weighted by molar-refractivity contribution is 5.84. The minimum Gasteiger partial charge on any atom is -0.299 e. The van der Waals surface area contributed by atoms with Gasteiger partial charge < -0.3 is 0 Å². The fourth-order valence-electron chi connectivity index (χ4n) is 2.63. The molecular weight excluding hydrogens is 184 g/mol. The Labute approximate surface area is 94.6 Å². The van der Waals surface area contributed by atoms with Crippen LogP contribution in [-0.2, 0) is 4.79 Å². The molecule has 1 heteroatoms. The Bertz CT molecular complexity index is 190. The summed E-state index contributed by atoms with van der Waals surface area (Å²) in [5.74, 6) is 0.538. The van der Waals surface area contributed by atoms with Crippen molar-refractivity contribution in [3.05, 3.63) is 0 Å². The lowest BCUT2D eigenvalue weighted by atomic mass is 9.82. The summed E-state index contributed by atoms with van der Waals surface area (Å²) in [6, 6.07) is 0. The zero-order valence-corrected chi connectivity index (χ0v) is 10.5. The van der Waals surface area contributed by atoms with E-state index >= 15 is 0 Å². The van der Waals surface area contributed by atoms with E-state index < -0.39 is 0 Å². The summed E-state index contributed by atoms with van der Waals surface area (Å²) in [6.07, 6.45) is 11.9. The van der Waals surface area contributed by atoms with Crippen LogP contribution in [0.1, 0.15) is 78.1 Å². The first-order valence-corrected chi connectivity index (χ1v) is 6.72. The molecule has 1 rings (SSSR count). The van der Waals surface area contributed by atoms with Gasteiger partial charge in [0.1, 0.15) is 5.78 Å². The maximum absolute atomic E-state index is 12.0. The van der Waals surface area contributed by atoms with Crippen molar-refractivity contribution in [3.8, 4) is 0 Å². The molecule has 0 aliphatic heterocycles. The molecule has 1 fully saturated rings. The first kappa shape index (κ1) is 12.7. The molecule has 1 saturated carbocycles. The smallest absolute Gasteiger partial charge is 0.138 e. The standard InChI is InChI=1S/C14H26O/c1-3-4-5-6-7-10-13(15)14(2)11-8-9-12-14/h3-12H2,1-2H3. The van der Waals surface area contributed by atoms with Crippen LogP contribution in [0.3, 0.4) is 0 Å². The zero-order chi connectivity index (χ0) is 11.1. The van der Waals surface area contributed by atoms with Crippen LogP contribution in [0.15, 0.2) is 0 Å². The van der Waals surface area contributed by atoms with Crippen LogP contribution in [-0.4, -0.2) is 5.78 Å². The molecule has 0 saturated heterocycles. The van der Waals surface area contributed by atoms with Crippen molar-refractivity contribution in [3.63, 3.8) is 0 Å². The molecule has 0 bridgehead atoms. The lowest BCUT2D eigenvalue weighted by Gasteiger charge is -2.21. The van der Waals surface area contributed by atoms with Gasteiger partial charge in [-0.25, -0.2) is 0 Å². The number of carbonyl (C=O) groups is 1. The quantitative estimate of drug-likeness (QED) is 0.566. The second-order valence-electron chi connectivity index (χ2n) is 5.36. The normalized spacial score (nSPS) is 19.3. The van der Waals surface area contributed by atoms with Crippen molar-refractivity contribution in [2.24, 2.45) is 5.41 Å². The largest absolute Gasteiger partial charge is 0.299 e. The van der Waals surface area contributed by atoms with Crippen LogP contribution in [0.5, 0.6) is 0 Å². The van der Waals surface area contributed by atoms with Gasteiger partial charge in [-0.05, 0) is 19.3 Å². The van der Waals surface area contributed by atoms with Gasteiger partial charge >= 0.3 is 0 Å². The topological polar surface area (TPSA) is 17.1 Å². The molecule has 0 unspecified atom stereocenters. The molecule has 1 aliphatic carbocycles. The van der Waals surface area contributed by atoms with Crippen molar-refractivity contribution < 1.29 is 4.79 Å². The van der Waals surface area contributed by atoms with Gasteiger partial charge in [-0.3, -0.25) is 4.79 Å². The van der Waals surface area contributed by atoms with Gasteiger partial charge in [-0.15, -0.1) is 0 Å². The highest BCUT2D eigenvalue weighted by atomic mass is 16.1. The Morgan fingerprint density at radius 2 is 1.67 bits per heavy atom. The van der Waals surface area contributed by atoms with Crippen LogP contribution in [0.2, 0.25) is 0 Å². The third kappa shape index (κ3) is 3.96. The van der Waals surface area contributed by atoms with E-state index in [0.717, 1.165) is 25.7 Å². The number of carbonyl (C=O) groups excluding carboxylic acids is 1. The van der Waals surface area contributed by atoms with Gasteiger partial charge in [0.15, 0.2) is 0 Å². The summed E-state index contributed by atoms with van der Waals surface area (Å²) in [5, 5.41) is 0. The molecule has 0 aromatic heterocycles. The van der Waals surface area contributed by atoms with Crippen LogP contribution >= 0.6 is 0 Å². The number of unbranched alkanes of at least 4 members (excludes halogenated alkanes) is 4. The first-order valence-electron chi connectivity index (χ1n) is 6.72. The van der Waals surface area contributed by atoms with E-state index in [1.165, 1.54) is 38.5 Å². The van der Waals surface area contributed by atoms with Crippen LogP contribution < -0.4 is 0 Å². The Morgan fingerprint density at radius 1 is 1.07 bits per heavy atom. The number of hydrogen-bond acceptors (Lipinski definition) is 1. The maximum atomic E-state index is 12.0. The van der Waals surface area contributed by atoms with Gasteiger partial charge in [0.2, 0.25) is 0 Å². The van der Waals surface area contributed by atoms with Gasteiger partial charge in [-0.2, -0.15) is 0 Å². The SMILES string of the molecule is CCCCCCCC(=O)C1(C)CCCC1. The number of hydrogen-bond donors (Lipinski definition) is 0. The van der Waals surface area contributed by atoms with Gasteiger partial charge in [-0.1, -0.05) is 52.4 Å². The second-order valence-corrected chi connectivity index (χ2v) is 5.36. The van der Waals surface area contributed by atoms with Crippen molar-refractivity contribution in [1.29, 1.82) is 0 Å². The summed E-state index contributed by atoms with van der Waals surface area (Å²) in [5.41, 5.74) is 0.0603. The van der Waals surface area contributed by atoms with Crippen LogP contribution in [0.25, 0.3) is 0 Å². The molecule has 0 aromatic rings. The lowest BCUT2D eigenvalue weighted by Crippen LogP contribution is -2.23. The lowest BCUT2D eigenvalue weighted by molar-refractivity contribution is -0.127. The monoisotopic (exact) mass is 210 g/mol. The molecule has 0 heterocycles. The first-order chi connectivity index (χ1) is 7.19. The fraction of sp³-hybridized carbons (Fsp3) is 0.929. The summed E-state index contributed by atoms with van der Waals surface area (Å²) in [4.78, 5) is 12.0. The Morgan fingerprint density at radius 3 is 2.27 bits per heavy atom. The molecule has 0 N–H and O–H groups in total. The van der Waals surface area contributed by atoms with Gasteiger partial charge in [0, 0.05) is 11.8 Å². The van der Waals surface area contributed by atoms with Crippen LogP contribution in [0.4, 0.5) is 0 Å². The fourth-order valence-corrected chi connectivity index (χ4v) is 2.63. The summed E-state index contributed by atoms with van der Waals surface area (Å²) < 4.78 is 0. The van der Waals surface area contributed by atoms with Crippen molar-refractivity contribution in [2.45, 2.75) is 78.1 Å². The molecule has 15 heavy (non-hydrogen) atoms. The summed E-state index contributed by atoms with van der Waals surface area (Å²) >= 11 is 0. The second kappa shape index (κ2) is 6.30. The zero-order valence-electron chi connectivity index (χ0n) is 10.5.